The molecule has 1 saturated heterocycles. The average Bonchev–Trinajstić information content (AvgIpc) is 3.11. The van der Waals surface area contributed by atoms with Gasteiger partial charge in [-0.15, -0.1) is 11.3 Å². The van der Waals surface area contributed by atoms with Gasteiger partial charge in [-0.25, -0.2) is 4.98 Å². The molecule has 2 heterocycles. The maximum atomic E-state index is 11.8. The number of anilines is 2. The molecule has 1 fully saturated rings. The number of para-hydroxylation sites is 1. The lowest BCUT2D eigenvalue weighted by Gasteiger charge is -2.37. The molecule has 3 aromatic rings. The minimum atomic E-state index is -0.269. The maximum Gasteiger partial charge on any atom is 0.294 e. The number of fused-ring (bicyclic) bond motifs is 1. The first-order valence-corrected chi connectivity index (χ1v) is 10.3. The summed E-state index contributed by atoms with van der Waals surface area (Å²) in [6.45, 7) is 9.51. The fourth-order valence-electron chi connectivity index (χ4n) is 3.52. The van der Waals surface area contributed by atoms with Gasteiger partial charge in [-0.1, -0.05) is 39.0 Å². The van der Waals surface area contributed by atoms with Gasteiger partial charge in [0.25, 0.3) is 5.69 Å². The van der Waals surface area contributed by atoms with Crippen LogP contribution < -0.4 is 9.80 Å². The third kappa shape index (κ3) is 3.54. The van der Waals surface area contributed by atoms with E-state index in [0.717, 1.165) is 41.4 Å². The molecule has 1 aliphatic rings. The predicted molar refractivity (Wildman–Crippen MR) is 116 cm³/mol. The highest BCUT2D eigenvalue weighted by Gasteiger charge is 2.27. The first-order valence-electron chi connectivity index (χ1n) is 9.47. The van der Waals surface area contributed by atoms with Crippen LogP contribution in [0.4, 0.5) is 17.1 Å². The normalized spacial score (nSPS) is 15.2. The molecule has 0 atom stereocenters. The second-order valence-electron chi connectivity index (χ2n) is 8.14. The number of piperazine rings is 1. The molecule has 0 saturated carbocycles. The van der Waals surface area contributed by atoms with Crippen LogP contribution >= 0.6 is 11.3 Å². The number of hydrogen-bond donors (Lipinski definition) is 0. The summed E-state index contributed by atoms with van der Waals surface area (Å²) in [6, 6.07) is 13.9. The largest absolute Gasteiger partial charge is 0.368 e. The van der Waals surface area contributed by atoms with E-state index in [4.69, 9.17) is 4.98 Å². The molecule has 0 amide bonds. The Labute approximate surface area is 168 Å². The van der Waals surface area contributed by atoms with Crippen LogP contribution in [0.1, 0.15) is 25.8 Å². The number of nitro benzene ring substituents is 1. The Hall–Kier alpha value is -2.67. The highest BCUT2D eigenvalue weighted by Crippen LogP contribution is 2.38. The van der Waals surface area contributed by atoms with E-state index in [1.54, 1.807) is 17.4 Å². The molecule has 0 radical (unpaired) electrons. The summed E-state index contributed by atoms with van der Waals surface area (Å²) < 4.78 is 0.878. The topological polar surface area (TPSA) is 62.5 Å². The van der Waals surface area contributed by atoms with E-state index in [1.165, 1.54) is 5.69 Å². The van der Waals surface area contributed by atoms with E-state index >= 15 is 0 Å². The molecule has 28 heavy (non-hydrogen) atoms. The highest BCUT2D eigenvalue weighted by atomic mass is 32.1. The lowest BCUT2D eigenvalue weighted by atomic mass is 9.98. The van der Waals surface area contributed by atoms with Crippen LogP contribution in [0.5, 0.6) is 0 Å². The molecule has 0 aliphatic carbocycles. The number of hydrogen-bond acceptors (Lipinski definition) is 6. The summed E-state index contributed by atoms with van der Waals surface area (Å²) in [5.41, 5.74) is 2.82. The number of thiazole rings is 1. The zero-order chi connectivity index (χ0) is 19.9. The molecule has 6 nitrogen and oxygen atoms in total. The first kappa shape index (κ1) is 18.7. The first-order chi connectivity index (χ1) is 13.3. The van der Waals surface area contributed by atoms with Gasteiger partial charge in [0.05, 0.1) is 20.1 Å². The Kier molecular flexibility index (Phi) is 4.71. The van der Waals surface area contributed by atoms with Crippen LogP contribution in [0.25, 0.3) is 10.2 Å². The number of aromatic nitrogens is 1. The highest BCUT2D eigenvalue weighted by molar-refractivity contribution is 7.18. The summed E-state index contributed by atoms with van der Waals surface area (Å²) >= 11 is 1.55. The minimum absolute atomic E-state index is 0.0695. The van der Waals surface area contributed by atoms with E-state index in [9.17, 15) is 10.1 Å². The second-order valence-corrected chi connectivity index (χ2v) is 9.18. The van der Waals surface area contributed by atoms with Gasteiger partial charge >= 0.3 is 0 Å². The molecule has 1 aromatic heterocycles. The predicted octanol–water partition coefficient (Wildman–Crippen LogP) is 4.83. The van der Waals surface area contributed by atoms with Crippen molar-refractivity contribution >= 4 is 38.6 Å². The summed E-state index contributed by atoms with van der Waals surface area (Å²) in [7, 11) is 0. The van der Waals surface area contributed by atoms with Crippen molar-refractivity contribution in [3.05, 3.63) is 57.6 Å². The SMILES string of the molecule is CC(C)(C)c1nc2cc(N3CCN(c4ccccc4)CC3)c([N+](=O)[O-])cc2s1. The monoisotopic (exact) mass is 396 g/mol. The Balaban J connectivity index is 1.64. The van der Waals surface area contributed by atoms with E-state index < -0.39 is 0 Å². The molecule has 0 bridgehead atoms. The number of benzene rings is 2. The van der Waals surface area contributed by atoms with Crippen molar-refractivity contribution in [2.75, 3.05) is 36.0 Å². The fraction of sp³-hybridized carbons (Fsp3) is 0.381. The Bertz CT molecular complexity index is 1000. The zero-order valence-corrected chi connectivity index (χ0v) is 17.2. The van der Waals surface area contributed by atoms with Crippen molar-refractivity contribution in [2.45, 2.75) is 26.2 Å². The summed E-state index contributed by atoms with van der Waals surface area (Å²) in [5, 5.41) is 12.8. The Morgan fingerprint density at radius 1 is 1.04 bits per heavy atom. The van der Waals surface area contributed by atoms with Gasteiger partial charge in [-0.05, 0) is 18.2 Å². The van der Waals surface area contributed by atoms with Crippen molar-refractivity contribution in [1.82, 2.24) is 4.98 Å². The quantitative estimate of drug-likeness (QED) is 0.469. The van der Waals surface area contributed by atoms with Gasteiger partial charge in [-0.3, -0.25) is 10.1 Å². The molecule has 146 valence electrons. The molecule has 2 aromatic carbocycles. The second kappa shape index (κ2) is 7.05. The van der Waals surface area contributed by atoms with Crippen LogP contribution in [0.2, 0.25) is 0 Å². The van der Waals surface area contributed by atoms with Crippen LogP contribution in [0.15, 0.2) is 42.5 Å². The van der Waals surface area contributed by atoms with Gasteiger partial charge in [0.1, 0.15) is 5.69 Å². The molecule has 0 spiro atoms. The average molecular weight is 397 g/mol. The third-order valence-corrected chi connectivity index (χ3v) is 6.51. The van der Waals surface area contributed by atoms with Crippen molar-refractivity contribution in [3.8, 4) is 0 Å². The summed E-state index contributed by atoms with van der Waals surface area (Å²) in [6.07, 6.45) is 0. The number of nitro groups is 1. The molecule has 4 rings (SSSR count). The smallest absolute Gasteiger partial charge is 0.294 e. The van der Waals surface area contributed by atoms with E-state index in [0.29, 0.717) is 5.69 Å². The lowest BCUT2D eigenvalue weighted by molar-refractivity contribution is -0.384. The zero-order valence-electron chi connectivity index (χ0n) is 16.4. The van der Waals surface area contributed by atoms with Crippen molar-refractivity contribution in [1.29, 1.82) is 0 Å². The molecule has 0 N–H and O–H groups in total. The molecule has 7 heteroatoms. The minimum Gasteiger partial charge on any atom is -0.368 e. The van der Waals surface area contributed by atoms with Gasteiger partial charge < -0.3 is 9.80 Å². The molecule has 0 unspecified atom stereocenters. The van der Waals surface area contributed by atoms with Crippen LogP contribution in [0.3, 0.4) is 0 Å². The van der Waals surface area contributed by atoms with E-state index in [1.807, 2.05) is 24.3 Å². The fourth-order valence-corrected chi connectivity index (χ4v) is 4.55. The Morgan fingerprint density at radius 2 is 1.68 bits per heavy atom. The third-order valence-electron chi connectivity index (χ3n) is 5.06. The van der Waals surface area contributed by atoms with Gasteiger partial charge in [0.2, 0.25) is 0 Å². The van der Waals surface area contributed by atoms with Crippen molar-refractivity contribution in [2.24, 2.45) is 0 Å². The molecule has 1 aliphatic heterocycles. The van der Waals surface area contributed by atoms with Crippen LogP contribution in [0, 0.1) is 10.1 Å². The van der Waals surface area contributed by atoms with Gasteiger partial charge in [0, 0.05) is 43.3 Å². The number of rotatable bonds is 3. The molecular weight excluding hydrogens is 372 g/mol. The Morgan fingerprint density at radius 3 is 2.29 bits per heavy atom. The lowest BCUT2D eigenvalue weighted by Crippen LogP contribution is -2.46. The van der Waals surface area contributed by atoms with Gasteiger partial charge in [-0.2, -0.15) is 0 Å². The number of nitrogens with zero attached hydrogens (tertiary/aromatic N) is 4. The van der Waals surface area contributed by atoms with E-state index in [-0.39, 0.29) is 16.0 Å². The van der Waals surface area contributed by atoms with Crippen molar-refractivity contribution < 1.29 is 4.92 Å². The summed E-state index contributed by atoms with van der Waals surface area (Å²) in [4.78, 5) is 20.7. The van der Waals surface area contributed by atoms with Gasteiger partial charge in [0.15, 0.2) is 0 Å². The summed E-state index contributed by atoms with van der Waals surface area (Å²) in [5.74, 6) is 0. The van der Waals surface area contributed by atoms with Crippen LogP contribution in [-0.4, -0.2) is 36.1 Å². The standard InChI is InChI=1S/C21H24N4O2S/c1-21(2,3)20-22-16-13-17(18(25(26)27)14-19(16)28-20)24-11-9-23(10-12-24)15-7-5-4-6-8-15/h4-8,13-14H,9-12H2,1-3H3. The molecular formula is C21H24N4O2S. The van der Waals surface area contributed by atoms with Crippen molar-refractivity contribution in [3.63, 3.8) is 0 Å². The van der Waals surface area contributed by atoms with E-state index in [2.05, 4.69) is 42.7 Å². The van der Waals surface area contributed by atoms with Crippen LogP contribution in [-0.2, 0) is 5.41 Å². The maximum absolute atomic E-state index is 11.8.